The van der Waals surface area contributed by atoms with E-state index in [9.17, 15) is 4.79 Å². The van der Waals surface area contributed by atoms with Crippen LogP contribution in [0.1, 0.15) is 32.8 Å². The van der Waals surface area contributed by atoms with Gasteiger partial charge in [0.05, 0.1) is 5.56 Å². The van der Waals surface area contributed by atoms with Gasteiger partial charge in [0.15, 0.2) is 0 Å². The Balaban J connectivity index is 2.46. The molecule has 0 aliphatic carbocycles. The normalized spacial score (nSPS) is 19.3. The largest absolute Gasteiger partial charge is 0.328 e. The molecule has 1 fully saturated rings. The van der Waals surface area contributed by atoms with Crippen LogP contribution in [-0.2, 0) is 10.3 Å². The first-order valence-electron chi connectivity index (χ1n) is 6.26. The number of nitriles is 1. The molecule has 4 nitrogen and oxygen atoms in total. The molecule has 0 aromatic carbocycles. The van der Waals surface area contributed by atoms with Gasteiger partial charge in [-0.1, -0.05) is 0 Å². The van der Waals surface area contributed by atoms with E-state index in [0.717, 1.165) is 5.82 Å². The summed E-state index contributed by atoms with van der Waals surface area (Å²) in [6, 6.07) is 3.88. The molecule has 19 heavy (non-hydrogen) atoms. The molecule has 1 amide bonds. The molecular weight excluding hydrogens is 238 g/mol. The van der Waals surface area contributed by atoms with Gasteiger partial charge in [-0.25, -0.2) is 0 Å². The highest BCUT2D eigenvalue weighted by atomic mass is 16.2. The quantitative estimate of drug-likeness (QED) is 0.721. The molecule has 1 aliphatic rings. The summed E-state index contributed by atoms with van der Waals surface area (Å²) >= 11 is 0. The maximum Gasteiger partial charge on any atom is 0.229 e. The summed E-state index contributed by atoms with van der Waals surface area (Å²) in [7, 11) is 0. The van der Waals surface area contributed by atoms with Crippen molar-refractivity contribution in [3.8, 4) is 18.4 Å². The van der Waals surface area contributed by atoms with Crippen molar-refractivity contribution < 1.29 is 4.79 Å². The summed E-state index contributed by atoms with van der Waals surface area (Å²) in [5.41, 5.74) is 0.362. The summed E-state index contributed by atoms with van der Waals surface area (Å²) in [6.07, 6.45) is 7.57. The molecule has 1 aliphatic heterocycles. The minimum Gasteiger partial charge on any atom is -0.328 e. The van der Waals surface area contributed by atoms with Gasteiger partial charge >= 0.3 is 0 Å². The van der Waals surface area contributed by atoms with E-state index in [0.29, 0.717) is 18.5 Å². The maximum absolute atomic E-state index is 12.1. The molecule has 98 valence electrons. The number of hydrogen-bond acceptors (Lipinski definition) is 2. The van der Waals surface area contributed by atoms with Crippen LogP contribution in [0.15, 0.2) is 12.3 Å². The van der Waals surface area contributed by atoms with Crippen molar-refractivity contribution in [3.63, 3.8) is 0 Å². The standard InChI is InChI=1S/C15H17N3O/c1-5-11-7-14(19)17(9-11)13-6-12(8-16)10-18(13)15(2,3)4/h1,6,10-11H,7,9H2,2-4H3. The predicted molar refractivity (Wildman–Crippen MR) is 73.4 cm³/mol. The smallest absolute Gasteiger partial charge is 0.229 e. The number of rotatable bonds is 1. The third-order valence-corrected chi connectivity index (χ3v) is 3.29. The Bertz CT molecular complexity index is 592. The summed E-state index contributed by atoms with van der Waals surface area (Å²) in [6.45, 7) is 6.64. The van der Waals surface area contributed by atoms with Gasteiger partial charge in [0.2, 0.25) is 5.91 Å². The van der Waals surface area contributed by atoms with E-state index in [1.807, 2.05) is 25.3 Å². The van der Waals surface area contributed by atoms with E-state index in [1.165, 1.54) is 0 Å². The van der Waals surface area contributed by atoms with Crippen LogP contribution < -0.4 is 4.90 Å². The van der Waals surface area contributed by atoms with Crippen LogP contribution in [0.4, 0.5) is 5.82 Å². The van der Waals surface area contributed by atoms with Crippen molar-refractivity contribution in [1.29, 1.82) is 5.26 Å². The molecule has 2 rings (SSSR count). The first-order chi connectivity index (χ1) is 8.86. The Kier molecular flexibility index (Phi) is 3.12. The molecule has 1 aromatic rings. The van der Waals surface area contributed by atoms with Crippen molar-refractivity contribution in [2.75, 3.05) is 11.4 Å². The third kappa shape index (κ3) is 2.35. The van der Waals surface area contributed by atoms with E-state index < -0.39 is 0 Å². The Hall–Kier alpha value is -2.20. The molecule has 0 N–H and O–H groups in total. The SMILES string of the molecule is C#CC1CC(=O)N(c2cc(C#N)cn2C(C)(C)C)C1. The number of nitrogens with zero attached hydrogens (tertiary/aromatic N) is 3. The molecule has 1 atom stereocenters. The van der Waals surface area contributed by atoms with Gasteiger partial charge in [-0.3, -0.25) is 9.69 Å². The monoisotopic (exact) mass is 255 g/mol. The van der Waals surface area contributed by atoms with Crippen LogP contribution in [-0.4, -0.2) is 17.0 Å². The third-order valence-electron chi connectivity index (χ3n) is 3.29. The van der Waals surface area contributed by atoms with E-state index in [-0.39, 0.29) is 17.4 Å². The molecule has 1 aromatic heterocycles. The Morgan fingerprint density at radius 2 is 2.16 bits per heavy atom. The van der Waals surface area contributed by atoms with Crippen molar-refractivity contribution >= 4 is 11.7 Å². The number of anilines is 1. The Morgan fingerprint density at radius 3 is 2.63 bits per heavy atom. The van der Waals surface area contributed by atoms with Gasteiger partial charge in [-0.15, -0.1) is 12.3 Å². The topological polar surface area (TPSA) is 49.0 Å². The zero-order valence-corrected chi connectivity index (χ0v) is 11.5. The van der Waals surface area contributed by atoms with E-state index in [1.54, 1.807) is 17.2 Å². The summed E-state index contributed by atoms with van der Waals surface area (Å²) in [5, 5.41) is 9.05. The van der Waals surface area contributed by atoms with Crippen LogP contribution in [0.3, 0.4) is 0 Å². The highest BCUT2D eigenvalue weighted by Gasteiger charge is 2.33. The van der Waals surface area contributed by atoms with Crippen molar-refractivity contribution in [1.82, 2.24) is 4.57 Å². The fourth-order valence-electron chi connectivity index (χ4n) is 2.30. The molecule has 0 saturated carbocycles. The highest BCUT2D eigenvalue weighted by molar-refractivity contribution is 5.95. The van der Waals surface area contributed by atoms with Crippen molar-refractivity contribution in [2.45, 2.75) is 32.7 Å². The number of terminal acetylenes is 1. The van der Waals surface area contributed by atoms with Gasteiger partial charge in [0, 0.05) is 30.6 Å². The second-order valence-corrected chi connectivity index (χ2v) is 5.81. The van der Waals surface area contributed by atoms with Crippen LogP contribution in [0, 0.1) is 29.6 Å². The van der Waals surface area contributed by atoms with Gasteiger partial charge in [0.1, 0.15) is 11.9 Å². The van der Waals surface area contributed by atoms with Crippen LogP contribution in [0.2, 0.25) is 0 Å². The van der Waals surface area contributed by atoms with E-state index in [4.69, 9.17) is 11.7 Å². The summed E-state index contributed by atoms with van der Waals surface area (Å²) in [5.74, 6) is 3.38. The lowest BCUT2D eigenvalue weighted by molar-refractivity contribution is -0.117. The fraction of sp³-hybridized carbons (Fsp3) is 0.467. The Morgan fingerprint density at radius 1 is 1.47 bits per heavy atom. The van der Waals surface area contributed by atoms with Gasteiger partial charge in [-0.05, 0) is 26.8 Å². The molecule has 2 heterocycles. The number of aromatic nitrogens is 1. The van der Waals surface area contributed by atoms with E-state index in [2.05, 4.69) is 12.0 Å². The van der Waals surface area contributed by atoms with Crippen LogP contribution in [0.5, 0.6) is 0 Å². The zero-order chi connectivity index (χ0) is 14.2. The van der Waals surface area contributed by atoms with Crippen molar-refractivity contribution in [3.05, 3.63) is 17.8 Å². The highest BCUT2D eigenvalue weighted by Crippen LogP contribution is 2.31. The molecule has 0 spiro atoms. The number of hydrogen-bond donors (Lipinski definition) is 0. The molecule has 1 saturated heterocycles. The minimum absolute atomic E-state index is 0.0241. The lowest BCUT2D eigenvalue weighted by Gasteiger charge is -2.28. The first kappa shape index (κ1) is 13.2. The number of amides is 1. The second kappa shape index (κ2) is 4.48. The molecule has 0 radical (unpaired) electrons. The van der Waals surface area contributed by atoms with E-state index >= 15 is 0 Å². The second-order valence-electron chi connectivity index (χ2n) is 5.81. The van der Waals surface area contributed by atoms with Gasteiger partial charge in [0.25, 0.3) is 0 Å². The lowest BCUT2D eigenvalue weighted by Crippen LogP contribution is -2.31. The average Bonchev–Trinajstić information content (AvgIpc) is 2.91. The predicted octanol–water partition coefficient (Wildman–Crippen LogP) is 2.10. The maximum atomic E-state index is 12.1. The summed E-state index contributed by atoms with van der Waals surface area (Å²) in [4.78, 5) is 13.7. The Labute approximate surface area is 113 Å². The average molecular weight is 255 g/mol. The zero-order valence-electron chi connectivity index (χ0n) is 11.5. The number of carbonyl (C=O) groups is 1. The lowest BCUT2D eigenvalue weighted by atomic mass is 10.1. The fourth-order valence-corrected chi connectivity index (χ4v) is 2.30. The minimum atomic E-state index is -0.195. The van der Waals surface area contributed by atoms with Crippen LogP contribution >= 0.6 is 0 Å². The van der Waals surface area contributed by atoms with Crippen LogP contribution in [0.25, 0.3) is 0 Å². The number of carbonyl (C=O) groups excluding carboxylic acids is 1. The van der Waals surface area contributed by atoms with Gasteiger partial charge < -0.3 is 4.57 Å². The summed E-state index contributed by atoms with van der Waals surface area (Å²) < 4.78 is 1.96. The van der Waals surface area contributed by atoms with Crippen molar-refractivity contribution in [2.24, 2.45) is 5.92 Å². The molecule has 4 heteroatoms. The molecule has 1 unspecified atom stereocenters. The molecule has 0 bridgehead atoms. The van der Waals surface area contributed by atoms with Gasteiger partial charge in [-0.2, -0.15) is 5.26 Å². The molecular formula is C15H17N3O. The first-order valence-corrected chi connectivity index (χ1v) is 6.26.